The molecule has 2 amide bonds. The molecular weight excluding hydrogens is 334 g/mol. The summed E-state index contributed by atoms with van der Waals surface area (Å²) in [7, 11) is 0. The molecule has 4 rings (SSSR count). The maximum absolute atomic E-state index is 11.5. The smallest absolute Gasteiger partial charge is 0.317 e. The Morgan fingerprint density at radius 2 is 2.20 bits per heavy atom. The van der Waals surface area contributed by atoms with Crippen molar-refractivity contribution in [3.05, 3.63) is 42.1 Å². The first kappa shape index (κ1) is 15.8. The van der Waals surface area contributed by atoms with Gasteiger partial charge in [-0.25, -0.2) is 14.8 Å². The molecule has 1 fully saturated rings. The molecule has 0 bridgehead atoms. The zero-order valence-electron chi connectivity index (χ0n) is 14.0. The SMILES string of the molecule is Cc1c(-c2ccnc(NCCN3CCNC3=O)n2)sc2ccccc12. The molecule has 0 atom stereocenters. The molecular formula is C18H19N5OS. The summed E-state index contributed by atoms with van der Waals surface area (Å²) >= 11 is 1.75. The Hall–Kier alpha value is -2.67. The Morgan fingerprint density at radius 1 is 1.32 bits per heavy atom. The molecule has 1 aliphatic heterocycles. The van der Waals surface area contributed by atoms with Gasteiger partial charge in [0.2, 0.25) is 5.95 Å². The highest BCUT2D eigenvalue weighted by Crippen LogP contribution is 2.37. The second kappa shape index (κ2) is 6.68. The fourth-order valence-electron chi connectivity index (χ4n) is 3.02. The summed E-state index contributed by atoms with van der Waals surface area (Å²) in [6.45, 7) is 4.87. The standard InChI is InChI=1S/C18H19N5OS/c1-12-13-4-2-3-5-15(13)25-16(12)14-6-7-19-17(22-14)20-8-10-23-11-9-21-18(23)24/h2-7H,8-11H2,1H3,(H,21,24)(H,19,20,22). The maximum Gasteiger partial charge on any atom is 0.317 e. The van der Waals surface area contributed by atoms with Crippen LogP contribution in [0.1, 0.15) is 5.56 Å². The number of hydrogen-bond donors (Lipinski definition) is 2. The molecule has 25 heavy (non-hydrogen) atoms. The number of anilines is 1. The van der Waals surface area contributed by atoms with Crippen LogP contribution in [-0.4, -0.2) is 47.1 Å². The van der Waals surface area contributed by atoms with Gasteiger partial charge in [-0.1, -0.05) is 18.2 Å². The lowest BCUT2D eigenvalue weighted by molar-refractivity contribution is 0.219. The number of hydrogen-bond acceptors (Lipinski definition) is 5. The van der Waals surface area contributed by atoms with E-state index in [-0.39, 0.29) is 6.03 Å². The van der Waals surface area contributed by atoms with Crippen LogP contribution in [0.15, 0.2) is 36.5 Å². The van der Waals surface area contributed by atoms with Crippen molar-refractivity contribution in [3.8, 4) is 10.6 Å². The van der Waals surface area contributed by atoms with Crippen molar-refractivity contribution < 1.29 is 4.79 Å². The first-order valence-corrected chi connectivity index (χ1v) is 9.12. The highest BCUT2D eigenvalue weighted by Gasteiger charge is 2.18. The van der Waals surface area contributed by atoms with Crippen LogP contribution in [0.3, 0.4) is 0 Å². The Morgan fingerprint density at radius 3 is 3.00 bits per heavy atom. The first-order chi connectivity index (χ1) is 12.2. The van der Waals surface area contributed by atoms with Crippen LogP contribution in [0.4, 0.5) is 10.7 Å². The minimum Gasteiger partial charge on any atom is -0.352 e. The van der Waals surface area contributed by atoms with Crippen molar-refractivity contribution in [1.82, 2.24) is 20.2 Å². The molecule has 1 aromatic carbocycles. The third-order valence-electron chi connectivity index (χ3n) is 4.34. The van der Waals surface area contributed by atoms with E-state index in [4.69, 9.17) is 0 Å². The van der Waals surface area contributed by atoms with E-state index >= 15 is 0 Å². The fraction of sp³-hybridized carbons (Fsp3) is 0.278. The van der Waals surface area contributed by atoms with E-state index < -0.39 is 0 Å². The molecule has 1 aliphatic rings. The average molecular weight is 353 g/mol. The lowest BCUT2D eigenvalue weighted by atomic mass is 10.1. The maximum atomic E-state index is 11.5. The molecule has 0 radical (unpaired) electrons. The van der Waals surface area contributed by atoms with E-state index in [1.54, 1.807) is 22.4 Å². The fourth-order valence-corrected chi connectivity index (χ4v) is 4.20. The number of nitrogens with zero attached hydrogens (tertiary/aromatic N) is 3. The van der Waals surface area contributed by atoms with Crippen LogP contribution < -0.4 is 10.6 Å². The van der Waals surface area contributed by atoms with Crippen molar-refractivity contribution in [2.24, 2.45) is 0 Å². The average Bonchev–Trinajstić information content (AvgIpc) is 3.19. The Labute approximate surface area is 149 Å². The number of aryl methyl sites for hydroxylation is 1. The third kappa shape index (κ3) is 3.15. The molecule has 0 saturated carbocycles. The van der Waals surface area contributed by atoms with E-state index in [1.165, 1.54) is 20.5 Å². The number of amides is 2. The van der Waals surface area contributed by atoms with Crippen LogP contribution in [0.25, 0.3) is 20.7 Å². The molecule has 0 unspecified atom stereocenters. The predicted octanol–water partition coefficient (Wildman–Crippen LogP) is 3.10. The van der Waals surface area contributed by atoms with Gasteiger partial charge in [-0.3, -0.25) is 0 Å². The number of nitrogens with one attached hydrogen (secondary N) is 2. The molecule has 6 nitrogen and oxygen atoms in total. The summed E-state index contributed by atoms with van der Waals surface area (Å²) < 4.78 is 1.27. The van der Waals surface area contributed by atoms with Gasteiger partial charge in [-0.2, -0.15) is 0 Å². The van der Waals surface area contributed by atoms with E-state index in [0.717, 1.165) is 18.8 Å². The topological polar surface area (TPSA) is 70.2 Å². The van der Waals surface area contributed by atoms with Crippen LogP contribution in [0, 0.1) is 6.92 Å². The number of carbonyl (C=O) groups excluding carboxylic acids is 1. The van der Waals surface area contributed by atoms with Crippen molar-refractivity contribution in [2.45, 2.75) is 6.92 Å². The number of aromatic nitrogens is 2. The van der Waals surface area contributed by atoms with Gasteiger partial charge in [0.05, 0.1) is 10.6 Å². The minimum absolute atomic E-state index is 0.00244. The molecule has 7 heteroatoms. The van der Waals surface area contributed by atoms with Gasteiger partial charge in [0.1, 0.15) is 0 Å². The highest BCUT2D eigenvalue weighted by atomic mass is 32.1. The van der Waals surface area contributed by atoms with Crippen LogP contribution in [0.2, 0.25) is 0 Å². The zero-order chi connectivity index (χ0) is 17.2. The highest BCUT2D eigenvalue weighted by molar-refractivity contribution is 7.22. The summed E-state index contributed by atoms with van der Waals surface area (Å²) in [4.78, 5) is 23.4. The summed E-state index contributed by atoms with van der Waals surface area (Å²) in [5.74, 6) is 0.592. The Bertz CT molecular complexity index is 923. The second-order valence-corrected chi connectivity index (χ2v) is 7.02. The monoisotopic (exact) mass is 353 g/mol. The van der Waals surface area contributed by atoms with Gasteiger partial charge in [0, 0.05) is 37.1 Å². The number of fused-ring (bicyclic) bond motifs is 1. The van der Waals surface area contributed by atoms with Crippen molar-refractivity contribution in [1.29, 1.82) is 0 Å². The Balaban J connectivity index is 1.50. The van der Waals surface area contributed by atoms with Gasteiger partial charge in [-0.05, 0) is 30.0 Å². The minimum atomic E-state index is -0.00244. The molecule has 0 aliphatic carbocycles. The lowest BCUT2D eigenvalue weighted by Crippen LogP contribution is -2.32. The molecule has 128 valence electrons. The van der Waals surface area contributed by atoms with Crippen molar-refractivity contribution in [2.75, 3.05) is 31.5 Å². The number of benzene rings is 1. The molecule has 0 spiro atoms. The Kier molecular flexibility index (Phi) is 4.23. The predicted molar refractivity (Wildman–Crippen MR) is 101 cm³/mol. The van der Waals surface area contributed by atoms with Gasteiger partial charge in [0.15, 0.2) is 0 Å². The molecule has 1 saturated heterocycles. The molecule has 2 N–H and O–H groups in total. The third-order valence-corrected chi connectivity index (χ3v) is 5.64. The number of urea groups is 1. The van der Waals surface area contributed by atoms with Gasteiger partial charge < -0.3 is 15.5 Å². The zero-order valence-corrected chi connectivity index (χ0v) is 14.8. The van der Waals surface area contributed by atoms with E-state index in [9.17, 15) is 4.79 Å². The molecule has 2 aromatic heterocycles. The number of thiophene rings is 1. The lowest BCUT2D eigenvalue weighted by Gasteiger charge is -2.14. The van der Waals surface area contributed by atoms with Gasteiger partial charge >= 0.3 is 6.03 Å². The number of carbonyl (C=O) groups is 1. The summed E-state index contributed by atoms with van der Waals surface area (Å²) in [5.41, 5.74) is 2.18. The first-order valence-electron chi connectivity index (χ1n) is 8.30. The van der Waals surface area contributed by atoms with Crippen LogP contribution in [-0.2, 0) is 0 Å². The normalized spacial score (nSPS) is 14.1. The quantitative estimate of drug-likeness (QED) is 0.739. The van der Waals surface area contributed by atoms with Gasteiger partial charge in [0.25, 0.3) is 0 Å². The summed E-state index contributed by atoms with van der Waals surface area (Å²) in [6.07, 6.45) is 1.77. The largest absolute Gasteiger partial charge is 0.352 e. The van der Waals surface area contributed by atoms with Crippen molar-refractivity contribution >= 4 is 33.4 Å². The summed E-state index contributed by atoms with van der Waals surface area (Å²) in [6, 6.07) is 10.3. The van der Waals surface area contributed by atoms with Gasteiger partial charge in [-0.15, -0.1) is 11.3 Å². The van der Waals surface area contributed by atoms with Crippen LogP contribution in [0.5, 0.6) is 0 Å². The second-order valence-electron chi connectivity index (χ2n) is 5.96. The number of rotatable bonds is 5. The van der Waals surface area contributed by atoms with E-state index in [0.29, 0.717) is 19.0 Å². The molecule has 3 heterocycles. The summed E-state index contributed by atoms with van der Waals surface area (Å²) in [5, 5.41) is 7.29. The van der Waals surface area contributed by atoms with Crippen LogP contribution >= 0.6 is 11.3 Å². The van der Waals surface area contributed by atoms with E-state index in [1.807, 2.05) is 6.07 Å². The van der Waals surface area contributed by atoms with E-state index in [2.05, 4.69) is 51.8 Å². The molecule has 3 aromatic rings. The van der Waals surface area contributed by atoms with Crippen molar-refractivity contribution in [3.63, 3.8) is 0 Å².